The van der Waals surface area contributed by atoms with E-state index in [1.54, 1.807) is 0 Å². The summed E-state index contributed by atoms with van der Waals surface area (Å²) in [5.74, 6) is 0.147. The molecule has 80 valence electrons. The number of rotatable bonds is 3. The number of hydrogen-bond acceptors (Lipinski definition) is 4. The molecule has 1 unspecified atom stereocenters. The van der Waals surface area contributed by atoms with Gasteiger partial charge in [0, 0.05) is 6.26 Å². The normalized spacial score (nSPS) is 21.2. The van der Waals surface area contributed by atoms with Gasteiger partial charge in [0.05, 0.1) is 5.16 Å². The van der Waals surface area contributed by atoms with Gasteiger partial charge in [-0.2, -0.15) is 0 Å². The number of hydrogen-bond donors (Lipinski definition) is 0. The Morgan fingerprint density at radius 2 is 1.93 bits per heavy atom. The summed E-state index contributed by atoms with van der Waals surface area (Å²) in [5, 5.41) is 1.55. The molecule has 0 radical (unpaired) electrons. The van der Waals surface area contributed by atoms with Gasteiger partial charge >= 0.3 is 0 Å². The molecule has 5 heteroatoms. The van der Waals surface area contributed by atoms with Crippen LogP contribution in [-0.4, -0.2) is 25.2 Å². The fourth-order valence-corrected chi connectivity index (χ4v) is 3.42. The van der Waals surface area contributed by atoms with Crippen LogP contribution in [0, 0.1) is 5.92 Å². The van der Waals surface area contributed by atoms with Gasteiger partial charge in [-0.25, -0.2) is 13.4 Å². The van der Waals surface area contributed by atoms with E-state index in [0.717, 1.165) is 25.7 Å². The van der Waals surface area contributed by atoms with E-state index < -0.39 is 15.2 Å². The maximum absolute atomic E-state index is 11.4. The molecule has 0 saturated heterocycles. The quantitative estimate of drug-likeness (QED) is 0.553. The van der Waals surface area contributed by atoms with Crippen molar-refractivity contribution in [1.82, 2.24) is 0 Å². The predicted molar refractivity (Wildman–Crippen MR) is 60.2 cm³/mol. The average Bonchev–Trinajstić information content (AvgIpc) is 2.14. The topological polar surface area (TPSA) is 46.5 Å². The SMILES string of the molecule is CS(=O)(=O)C(N=C=S)C1CCCCC1. The van der Waals surface area contributed by atoms with Gasteiger partial charge in [-0.3, -0.25) is 0 Å². The summed E-state index contributed by atoms with van der Waals surface area (Å²) in [6.45, 7) is 0. The number of sulfone groups is 1. The molecular formula is C9H15NO2S2. The van der Waals surface area contributed by atoms with Crippen molar-refractivity contribution in [2.75, 3.05) is 6.26 Å². The zero-order valence-corrected chi connectivity index (χ0v) is 9.90. The van der Waals surface area contributed by atoms with Gasteiger partial charge in [-0.15, -0.1) is 0 Å². The maximum Gasteiger partial charge on any atom is 0.171 e. The van der Waals surface area contributed by atoms with E-state index in [2.05, 4.69) is 22.4 Å². The first kappa shape index (κ1) is 11.8. The lowest BCUT2D eigenvalue weighted by Gasteiger charge is -2.25. The highest BCUT2D eigenvalue weighted by Crippen LogP contribution is 2.29. The lowest BCUT2D eigenvalue weighted by Crippen LogP contribution is -2.28. The lowest BCUT2D eigenvalue weighted by atomic mass is 9.89. The van der Waals surface area contributed by atoms with E-state index in [9.17, 15) is 8.42 Å². The highest BCUT2D eigenvalue weighted by molar-refractivity contribution is 7.91. The van der Waals surface area contributed by atoms with Gasteiger partial charge in [0.1, 0.15) is 0 Å². The Kier molecular flexibility index (Phi) is 4.23. The minimum absolute atomic E-state index is 0.147. The Morgan fingerprint density at radius 1 is 1.36 bits per heavy atom. The highest BCUT2D eigenvalue weighted by atomic mass is 32.2. The first-order valence-electron chi connectivity index (χ1n) is 4.81. The van der Waals surface area contributed by atoms with Crippen LogP contribution in [0.3, 0.4) is 0 Å². The molecule has 1 aliphatic rings. The molecule has 0 amide bonds. The standard InChI is InChI=1S/C9H15NO2S2/c1-14(11,12)9(10-7-13)8-5-3-2-4-6-8/h8-9H,2-6H2,1H3. The summed E-state index contributed by atoms with van der Waals surface area (Å²) in [6, 6.07) is 0. The number of aliphatic imine (C=N–C) groups is 1. The zero-order chi connectivity index (χ0) is 10.6. The predicted octanol–water partition coefficient (Wildman–Crippen LogP) is 2.04. The number of isothiocyanates is 1. The van der Waals surface area contributed by atoms with E-state index >= 15 is 0 Å². The molecule has 1 rings (SSSR count). The second-order valence-electron chi connectivity index (χ2n) is 3.84. The maximum atomic E-state index is 11.4. The minimum Gasteiger partial charge on any atom is -0.227 e. The van der Waals surface area contributed by atoms with E-state index in [1.165, 1.54) is 12.7 Å². The smallest absolute Gasteiger partial charge is 0.171 e. The Bertz CT molecular complexity index is 325. The largest absolute Gasteiger partial charge is 0.227 e. The van der Waals surface area contributed by atoms with Crippen molar-refractivity contribution < 1.29 is 8.42 Å². The van der Waals surface area contributed by atoms with Crippen LogP contribution in [0.15, 0.2) is 4.99 Å². The monoisotopic (exact) mass is 233 g/mol. The summed E-state index contributed by atoms with van der Waals surface area (Å²) < 4.78 is 22.9. The van der Waals surface area contributed by atoms with E-state index in [4.69, 9.17) is 0 Å². The Morgan fingerprint density at radius 3 is 2.36 bits per heavy atom. The van der Waals surface area contributed by atoms with Crippen molar-refractivity contribution in [1.29, 1.82) is 0 Å². The molecule has 1 aliphatic carbocycles. The van der Waals surface area contributed by atoms with Crippen molar-refractivity contribution in [3.8, 4) is 0 Å². The third-order valence-corrected chi connectivity index (χ3v) is 4.14. The van der Waals surface area contributed by atoms with Gasteiger partial charge in [0.2, 0.25) is 0 Å². The molecule has 0 aromatic heterocycles. The van der Waals surface area contributed by atoms with Crippen molar-refractivity contribution in [3.63, 3.8) is 0 Å². The molecule has 14 heavy (non-hydrogen) atoms. The highest BCUT2D eigenvalue weighted by Gasteiger charge is 2.30. The van der Waals surface area contributed by atoms with E-state index in [1.807, 2.05) is 0 Å². The summed E-state index contributed by atoms with van der Waals surface area (Å²) in [7, 11) is -3.12. The molecule has 0 bridgehead atoms. The molecule has 1 saturated carbocycles. The second-order valence-corrected chi connectivity index (χ2v) is 6.16. The minimum atomic E-state index is -3.12. The molecule has 1 atom stereocenters. The van der Waals surface area contributed by atoms with Crippen molar-refractivity contribution in [3.05, 3.63) is 0 Å². The van der Waals surface area contributed by atoms with Crippen LogP contribution < -0.4 is 0 Å². The van der Waals surface area contributed by atoms with Crippen LogP contribution in [-0.2, 0) is 9.84 Å². The fraction of sp³-hybridized carbons (Fsp3) is 0.889. The van der Waals surface area contributed by atoms with Crippen molar-refractivity contribution >= 4 is 27.2 Å². The summed E-state index contributed by atoms with van der Waals surface area (Å²) in [6.07, 6.45) is 6.51. The molecule has 3 nitrogen and oxygen atoms in total. The molecule has 0 aliphatic heterocycles. The molecule has 0 aromatic rings. The molecule has 0 aromatic carbocycles. The van der Waals surface area contributed by atoms with Gasteiger partial charge in [0.25, 0.3) is 0 Å². The van der Waals surface area contributed by atoms with Crippen LogP contribution in [0.1, 0.15) is 32.1 Å². The average molecular weight is 233 g/mol. The third-order valence-electron chi connectivity index (χ3n) is 2.67. The van der Waals surface area contributed by atoms with Gasteiger partial charge in [0.15, 0.2) is 15.2 Å². The van der Waals surface area contributed by atoms with E-state index in [-0.39, 0.29) is 5.92 Å². The fourth-order valence-electron chi connectivity index (χ4n) is 2.02. The first-order chi connectivity index (χ1) is 6.55. The Balaban J connectivity index is 2.81. The summed E-state index contributed by atoms with van der Waals surface area (Å²) in [4.78, 5) is 3.80. The van der Waals surface area contributed by atoms with Crippen LogP contribution in [0.25, 0.3) is 0 Å². The van der Waals surface area contributed by atoms with E-state index in [0.29, 0.717) is 0 Å². The molecule has 1 fully saturated rings. The lowest BCUT2D eigenvalue weighted by molar-refractivity contribution is 0.345. The number of nitrogens with zero attached hydrogens (tertiary/aromatic N) is 1. The second kappa shape index (κ2) is 5.01. The van der Waals surface area contributed by atoms with Gasteiger partial charge < -0.3 is 0 Å². The van der Waals surface area contributed by atoms with Crippen molar-refractivity contribution in [2.45, 2.75) is 37.5 Å². The van der Waals surface area contributed by atoms with Gasteiger partial charge in [-0.05, 0) is 31.0 Å². The van der Waals surface area contributed by atoms with Crippen LogP contribution in [0.4, 0.5) is 0 Å². The molecule has 0 heterocycles. The summed E-state index contributed by atoms with van der Waals surface area (Å²) in [5.41, 5.74) is 0. The zero-order valence-electron chi connectivity index (χ0n) is 8.27. The Hall–Kier alpha value is -0.250. The summed E-state index contributed by atoms with van der Waals surface area (Å²) >= 11 is 4.49. The first-order valence-corrected chi connectivity index (χ1v) is 7.18. The molecule has 0 N–H and O–H groups in total. The van der Waals surface area contributed by atoms with Crippen LogP contribution in [0.5, 0.6) is 0 Å². The van der Waals surface area contributed by atoms with Crippen LogP contribution >= 0.6 is 12.2 Å². The van der Waals surface area contributed by atoms with Gasteiger partial charge in [-0.1, -0.05) is 19.3 Å². The van der Waals surface area contributed by atoms with Crippen LogP contribution in [0.2, 0.25) is 0 Å². The molecular weight excluding hydrogens is 218 g/mol. The molecule has 0 spiro atoms. The van der Waals surface area contributed by atoms with Crippen molar-refractivity contribution in [2.24, 2.45) is 10.9 Å². The Labute approximate surface area is 90.5 Å². The third kappa shape index (κ3) is 3.15. The number of thiocarbonyl (C=S) groups is 1.